The number of amides is 1. The minimum Gasteiger partial charge on any atom is -0.348 e. The van der Waals surface area contributed by atoms with Gasteiger partial charge in [-0.2, -0.15) is 4.31 Å². The highest BCUT2D eigenvalue weighted by molar-refractivity contribution is 7.89. The fourth-order valence-corrected chi connectivity index (χ4v) is 5.67. The van der Waals surface area contributed by atoms with E-state index in [1.165, 1.54) is 4.31 Å². The average molecular weight is 368 g/mol. The van der Waals surface area contributed by atoms with E-state index in [-0.39, 0.29) is 16.8 Å². The van der Waals surface area contributed by atoms with Gasteiger partial charge in [0.25, 0.3) is 5.91 Å². The van der Waals surface area contributed by atoms with E-state index in [4.69, 9.17) is 0 Å². The van der Waals surface area contributed by atoms with E-state index < -0.39 is 10.0 Å². The molecule has 7 heteroatoms. The monoisotopic (exact) mass is 367 g/mol. The van der Waals surface area contributed by atoms with Crippen molar-refractivity contribution in [3.63, 3.8) is 0 Å². The van der Waals surface area contributed by atoms with E-state index in [1.807, 2.05) is 0 Å². The van der Waals surface area contributed by atoms with E-state index >= 15 is 0 Å². The standard InChI is InChI=1S/C18H29N3O3S/c1-13-6-8-15(9-7-13)19-18(22)16-12-17(14(2)20(16)3)25(23,24)21-10-4-5-11-21/h12-13,15H,4-11H2,1-3H3,(H,19,22). The van der Waals surface area contributed by atoms with Crippen LogP contribution in [0.1, 0.15) is 61.6 Å². The van der Waals surface area contributed by atoms with Crippen LogP contribution >= 0.6 is 0 Å². The van der Waals surface area contributed by atoms with Crippen LogP contribution in [0.2, 0.25) is 0 Å². The van der Waals surface area contributed by atoms with Gasteiger partial charge >= 0.3 is 0 Å². The molecule has 2 heterocycles. The number of hydrogen-bond acceptors (Lipinski definition) is 3. The zero-order chi connectivity index (χ0) is 18.2. The second-order valence-electron chi connectivity index (χ2n) is 7.58. The third kappa shape index (κ3) is 3.62. The van der Waals surface area contributed by atoms with Crippen molar-refractivity contribution in [2.24, 2.45) is 13.0 Å². The first-order valence-corrected chi connectivity index (χ1v) is 10.7. The molecule has 3 rings (SSSR count). The molecular weight excluding hydrogens is 338 g/mol. The molecule has 0 spiro atoms. The molecule has 1 aliphatic carbocycles. The van der Waals surface area contributed by atoms with E-state index in [1.54, 1.807) is 24.6 Å². The summed E-state index contributed by atoms with van der Waals surface area (Å²) in [6.45, 7) is 5.15. The summed E-state index contributed by atoms with van der Waals surface area (Å²) in [7, 11) is -1.75. The molecule has 1 aromatic rings. The Balaban J connectivity index is 1.80. The van der Waals surface area contributed by atoms with Crippen molar-refractivity contribution in [3.8, 4) is 0 Å². The Morgan fingerprint density at radius 3 is 2.36 bits per heavy atom. The molecule has 0 aromatic carbocycles. The van der Waals surface area contributed by atoms with E-state index in [9.17, 15) is 13.2 Å². The number of sulfonamides is 1. The van der Waals surface area contributed by atoms with Crippen LogP contribution in [0.5, 0.6) is 0 Å². The van der Waals surface area contributed by atoms with Crippen molar-refractivity contribution in [2.75, 3.05) is 13.1 Å². The van der Waals surface area contributed by atoms with Crippen LogP contribution in [0.3, 0.4) is 0 Å². The topological polar surface area (TPSA) is 71.4 Å². The van der Waals surface area contributed by atoms with Crippen molar-refractivity contribution in [1.82, 2.24) is 14.2 Å². The van der Waals surface area contributed by atoms with E-state index in [0.717, 1.165) is 44.4 Å². The summed E-state index contributed by atoms with van der Waals surface area (Å²) in [4.78, 5) is 13.0. The molecule has 1 aliphatic heterocycles. The Morgan fingerprint density at radius 2 is 1.76 bits per heavy atom. The molecule has 0 bridgehead atoms. The fraction of sp³-hybridized carbons (Fsp3) is 0.722. The molecule has 0 unspecified atom stereocenters. The summed E-state index contributed by atoms with van der Waals surface area (Å²) in [6.07, 6.45) is 6.05. The Bertz CT molecular complexity index is 740. The van der Waals surface area contributed by atoms with Crippen LogP contribution < -0.4 is 5.32 Å². The van der Waals surface area contributed by atoms with E-state index in [0.29, 0.717) is 24.5 Å². The highest BCUT2D eigenvalue weighted by atomic mass is 32.2. The Morgan fingerprint density at radius 1 is 1.16 bits per heavy atom. The summed E-state index contributed by atoms with van der Waals surface area (Å²) in [6, 6.07) is 1.74. The first-order valence-electron chi connectivity index (χ1n) is 9.28. The molecule has 25 heavy (non-hydrogen) atoms. The number of rotatable bonds is 4. The first kappa shape index (κ1) is 18.5. The molecule has 1 saturated heterocycles. The summed E-state index contributed by atoms with van der Waals surface area (Å²) >= 11 is 0. The van der Waals surface area contributed by atoms with Gasteiger partial charge in [0.05, 0.1) is 0 Å². The molecule has 0 atom stereocenters. The van der Waals surface area contributed by atoms with Gasteiger partial charge in [0.15, 0.2) is 0 Å². The number of hydrogen-bond donors (Lipinski definition) is 1. The maximum Gasteiger partial charge on any atom is 0.268 e. The molecule has 140 valence electrons. The van der Waals surface area contributed by atoms with Crippen LogP contribution in [-0.2, 0) is 17.1 Å². The summed E-state index contributed by atoms with van der Waals surface area (Å²) in [5, 5.41) is 3.09. The van der Waals surface area contributed by atoms with Crippen LogP contribution in [0.4, 0.5) is 0 Å². The number of nitrogens with one attached hydrogen (secondary N) is 1. The summed E-state index contributed by atoms with van der Waals surface area (Å²) in [5.74, 6) is 0.552. The van der Waals surface area contributed by atoms with Crippen LogP contribution in [-0.4, -0.2) is 42.3 Å². The highest BCUT2D eigenvalue weighted by Gasteiger charge is 2.32. The van der Waals surface area contributed by atoms with Crippen molar-refractivity contribution in [2.45, 2.75) is 63.3 Å². The predicted molar refractivity (Wildman–Crippen MR) is 97.0 cm³/mol. The van der Waals surface area contributed by atoms with Gasteiger partial charge in [0.1, 0.15) is 10.6 Å². The highest BCUT2D eigenvalue weighted by Crippen LogP contribution is 2.27. The van der Waals surface area contributed by atoms with Crippen molar-refractivity contribution >= 4 is 15.9 Å². The zero-order valence-corrected chi connectivity index (χ0v) is 16.2. The number of nitrogens with zero attached hydrogens (tertiary/aromatic N) is 2. The Kier molecular flexibility index (Phi) is 5.25. The second-order valence-corrected chi connectivity index (χ2v) is 9.49. The van der Waals surface area contributed by atoms with Gasteiger partial charge in [-0.05, 0) is 57.4 Å². The van der Waals surface area contributed by atoms with Gasteiger partial charge in [-0.25, -0.2) is 8.42 Å². The quantitative estimate of drug-likeness (QED) is 0.888. The van der Waals surface area contributed by atoms with E-state index in [2.05, 4.69) is 12.2 Å². The molecule has 6 nitrogen and oxygen atoms in total. The van der Waals surface area contributed by atoms with Gasteiger partial charge in [0.2, 0.25) is 10.0 Å². The third-order valence-corrected chi connectivity index (χ3v) is 7.77. The molecule has 1 aromatic heterocycles. The summed E-state index contributed by atoms with van der Waals surface area (Å²) < 4.78 is 28.9. The lowest BCUT2D eigenvalue weighted by Crippen LogP contribution is -2.38. The van der Waals surface area contributed by atoms with Crippen molar-refractivity contribution in [3.05, 3.63) is 17.5 Å². The SMILES string of the molecule is Cc1c(S(=O)(=O)N2CCCC2)cc(C(=O)NC2CCC(C)CC2)n1C. The molecule has 1 saturated carbocycles. The summed E-state index contributed by atoms with van der Waals surface area (Å²) in [5.41, 5.74) is 1.04. The fourth-order valence-electron chi connectivity index (χ4n) is 3.88. The Labute approximate surface area is 150 Å². The first-order chi connectivity index (χ1) is 11.8. The number of carbonyl (C=O) groups excluding carboxylic acids is 1. The van der Waals surface area contributed by atoms with Crippen molar-refractivity contribution in [1.29, 1.82) is 0 Å². The Hall–Kier alpha value is -1.34. The van der Waals surface area contributed by atoms with Gasteiger partial charge in [-0.15, -0.1) is 0 Å². The maximum absolute atomic E-state index is 12.9. The van der Waals surface area contributed by atoms with Gasteiger partial charge in [-0.3, -0.25) is 4.79 Å². The molecule has 2 aliphatic rings. The van der Waals surface area contributed by atoms with Crippen LogP contribution in [0.15, 0.2) is 11.0 Å². The lowest BCUT2D eigenvalue weighted by Gasteiger charge is -2.26. The molecule has 0 radical (unpaired) electrons. The second kappa shape index (κ2) is 7.11. The predicted octanol–water partition coefficient (Wildman–Crippen LogP) is 2.43. The third-order valence-electron chi connectivity index (χ3n) is 5.76. The molecule has 1 N–H and O–H groups in total. The smallest absolute Gasteiger partial charge is 0.268 e. The molecule has 1 amide bonds. The average Bonchev–Trinajstić information content (AvgIpc) is 3.20. The van der Waals surface area contributed by atoms with Crippen LogP contribution in [0, 0.1) is 12.8 Å². The van der Waals surface area contributed by atoms with Crippen molar-refractivity contribution < 1.29 is 13.2 Å². The zero-order valence-electron chi connectivity index (χ0n) is 15.4. The lowest BCUT2D eigenvalue weighted by atomic mass is 9.87. The number of carbonyl (C=O) groups is 1. The minimum atomic E-state index is -3.51. The number of aromatic nitrogens is 1. The van der Waals surface area contributed by atoms with Gasteiger partial charge in [-0.1, -0.05) is 6.92 Å². The lowest BCUT2D eigenvalue weighted by molar-refractivity contribution is 0.0914. The minimum absolute atomic E-state index is 0.173. The van der Waals surface area contributed by atoms with Gasteiger partial charge in [0, 0.05) is 31.9 Å². The molecule has 2 fully saturated rings. The maximum atomic E-state index is 12.9. The molecular formula is C18H29N3O3S. The normalized spacial score (nSPS) is 25.2. The van der Waals surface area contributed by atoms with Crippen LogP contribution in [0.25, 0.3) is 0 Å². The van der Waals surface area contributed by atoms with Gasteiger partial charge < -0.3 is 9.88 Å². The largest absolute Gasteiger partial charge is 0.348 e.